The Hall–Kier alpha value is -1.70. The van der Waals surface area contributed by atoms with Crippen LogP contribution in [0.15, 0.2) is 6.20 Å². The van der Waals surface area contributed by atoms with Gasteiger partial charge in [0, 0.05) is 11.1 Å². The van der Waals surface area contributed by atoms with E-state index in [9.17, 15) is 22.0 Å². The number of benzene rings is 1. The molecule has 0 amide bonds. The molecule has 2 aromatic rings. The average molecular weight is 308 g/mol. The van der Waals surface area contributed by atoms with Gasteiger partial charge in [-0.25, -0.2) is 26.9 Å². The Bertz CT molecular complexity index is 612. The van der Waals surface area contributed by atoms with Gasteiger partial charge in [0.2, 0.25) is 5.82 Å². The molecule has 0 radical (unpaired) electrons. The highest BCUT2D eigenvalue weighted by molar-refractivity contribution is 7.11. The van der Waals surface area contributed by atoms with E-state index in [0.717, 1.165) is 5.01 Å². The Morgan fingerprint density at radius 1 is 1.00 bits per heavy atom. The molecule has 1 aromatic carbocycles. The molecule has 0 saturated carbocycles. The molecule has 2 rings (SSSR count). The maximum absolute atomic E-state index is 13.4. The van der Waals surface area contributed by atoms with Crippen molar-refractivity contribution in [3.05, 3.63) is 45.2 Å². The van der Waals surface area contributed by atoms with E-state index in [2.05, 4.69) is 10.3 Å². The zero-order chi connectivity index (χ0) is 14.9. The monoisotopic (exact) mass is 308 g/mol. The lowest BCUT2D eigenvalue weighted by Crippen LogP contribution is -2.09. The summed E-state index contributed by atoms with van der Waals surface area (Å²) in [6, 6.07) is 0. The molecule has 8 heteroatoms. The Balaban J connectivity index is 2.25. The van der Waals surface area contributed by atoms with Crippen molar-refractivity contribution in [1.29, 1.82) is 0 Å². The third kappa shape index (κ3) is 2.60. The number of aryl methyl sites for hydroxylation is 1. The second kappa shape index (κ2) is 5.74. The summed E-state index contributed by atoms with van der Waals surface area (Å²) in [6.45, 7) is 1.82. The lowest BCUT2D eigenvalue weighted by Gasteiger charge is -2.09. The van der Waals surface area contributed by atoms with Crippen LogP contribution in [0.5, 0.6) is 0 Å². The molecule has 0 unspecified atom stereocenters. The van der Waals surface area contributed by atoms with Crippen LogP contribution in [-0.4, -0.2) is 4.98 Å². The Kier molecular flexibility index (Phi) is 4.22. The molecule has 0 bridgehead atoms. The van der Waals surface area contributed by atoms with E-state index in [4.69, 9.17) is 0 Å². The minimum Gasteiger partial charge on any atom is -0.375 e. The highest BCUT2D eigenvalue weighted by atomic mass is 32.1. The van der Waals surface area contributed by atoms with Crippen LogP contribution >= 0.6 is 11.3 Å². The van der Waals surface area contributed by atoms with Crippen LogP contribution in [0.2, 0.25) is 0 Å². The minimum atomic E-state index is -2.17. The molecule has 0 fully saturated rings. The van der Waals surface area contributed by atoms with Gasteiger partial charge in [-0.2, -0.15) is 0 Å². The molecule has 1 N–H and O–H groups in total. The molecule has 0 saturated heterocycles. The molecule has 1 heterocycles. The normalized spacial score (nSPS) is 10.9. The van der Waals surface area contributed by atoms with Crippen LogP contribution in [0.25, 0.3) is 0 Å². The van der Waals surface area contributed by atoms with Gasteiger partial charge in [-0.15, -0.1) is 11.3 Å². The number of hydrogen-bond acceptors (Lipinski definition) is 3. The highest BCUT2D eigenvalue weighted by Crippen LogP contribution is 2.27. The van der Waals surface area contributed by atoms with Gasteiger partial charge in [-0.3, -0.25) is 0 Å². The molecule has 2 nitrogen and oxygen atoms in total. The molecule has 0 aliphatic carbocycles. The first-order valence-electron chi connectivity index (χ1n) is 5.64. The molecule has 20 heavy (non-hydrogen) atoms. The van der Waals surface area contributed by atoms with Crippen molar-refractivity contribution in [1.82, 2.24) is 4.98 Å². The number of aromatic nitrogens is 1. The summed E-state index contributed by atoms with van der Waals surface area (Å²) in [5.41, 5.74) is -1.03. The van der Waals surface area contributed by atoms with Crippen LogP contribution in [0.1, 0.15) is 16.8 Å². The van der Waals surface area contributed by atoms with E-state index in [1.54, 1.807) is 0 Å². The third-order valence-electron chi connectivity index (χ3n) is 2.55. The van der Waals surface area contributed by atoms with Gasteiger partial charge in [-0.05, 0) is 6.42 Å². The number of hydrogen-bond donors (Lipinski definition) is 1. The Morgan fingerprint density at radius 2 is 1.55 bits per heavy atom. The van der Waals surface area contributed by atoms with E-state index < -0.39 is 34.8 Å². The van der Waals surface area contributed by atoms with Crippen molar-refractivity contribution < 1.29 is 22.0 Å². The van der Waals surface area contributed by atoms with Gasteiger partial charge >= 0.3 is 0 Å². The smallest absolute Gasteiger partial charge is 0.200 e. The van der Waals surface area contributed by atoms with Gasteiger partial charge in [0.15, 0.2) is 23.3 Å². The summed E-state index contributed by atoms with van der Waals surface area (Å²) < 4.78 is 65.6. The lowest BCUT2D eigenvalue weighted by molar-refractivity contribution is 0.381. The standard InChI is InChI=1S/C12H9F5N2S/c1-2-6-18-3-5(20-6)4-19-12-10(16)8(14)7(13)9(15)11(12)17/h3,19H,2,4H2,1H3. The molecule has 108 valence electrons. The van der Waals surface area contributed by atoms with Crippen LogP contribution < -0.4 is 5.32 Å². The average Bonchev–Trinajstić information content (AvgIpc) is 2.91. The van der Waals surface area contributed by atoms with Crippen LogP contribution in [-0.2, 0) is 13.0 Å². The lowest BCUT2D eigenvalue weighted by atomic mass is 10.2. The number of halogens is 5. The van der Waals surface area contributed by atoms with Gasteiger partial charge < -0.3 is 5.32 Å². The third-order valence-corrected chi connectivity index (χ3v) is 3.69. The fraction of sp³-hybridized carbons (Fsp3) is 0.250. The van der Waals surface area contributed by atoms with Crippen molar-refractivity contribution in [3.63, 3.8) is 0 Å². The molecule has 0 spiro atoms. The maximum Gasteiger partial charge on any atom is 0.200 e. The summed E-state index contributed by atoms with van der Waals surface area (Å²) in [5.74, 6) is -9.85. The van der Waals surface area contributed by atoms with Crippen molar-refractivity contribution in [3.8, 4) is 0 Å². The zero-order valence-corrected chi connectivity index (χ0v) is 11.1. The predicted molar refractivity (Wildman–Crippen MR) is 65.1 cm³/mol. The SMILES string of the molecule is CCc1ncc(CNc2c(F)c(F)c(F)c(F)c2F)s1. The summed E-state index contributed by atoms with van der Waals surface area (Å²) >= 11 is 1.30. The topological polar surface area (TPSA) is 24.9 Å². The van der Waals surface area contributed by atoms with Crippen molar-refractivity contribution >= 4 is 17.0 Å². The Morgan fingerprint density at radius 3 is 2.05 bits per heavy atom. The van der Waals surface area contributed by atoms with Crippen molar-refractivity contribution in [2.75, 3.05) is 5.32 Å². The second-order valence-corrected chi connectivity index (χ2v) is 5.07. The molecule has 1 aromatic heterocycles. The largest absolute Gasteiger partial charge is 0.375 e. The van der Waals surface area contributed by atoms with Gasteiger partial charge in [0.05, 0.1) is 11.6 Å². The maximum atomic E-state index is 13.4. The highest BCUT2D eigenvalue weighted by Gasteiger charge is 2.25. The fourth-order valence-corrected chi connectivity index (χ4v) is 2.33. The number of thiazole rings is 1. The minimum absolute atomic E-state index is 0.0734. The van der Waals surface area contributed by atoms with Crippen LogP contribution in [0.4, 0.5) is 27.6 Å². The number of nitrogens with one attached hydrogen (secondary N) is 1. The molecular formula is C12H9F5N2S. The first-order chi connectivity index (χ1) is 9.45. The van der Waals surface area contributed by atoms with Gasteiger partial charge in [0.1, 0.15) is 5.69 Å². The van der Waals surface area contributed by atoms with E-state index >= 15 is 0 Å². The fourth-order valence-electron chi connectivity index (χ4n) is 1.53. The summed E-state index contributed by atoms with van der Waals surface area (Å²) in [5, 5.41) is 3.04. The molecular weight excluding hydrogens is 299 g/mol. The summed E-state index contributed by atoms with van der Waals surface area (Å²) in [6.07, 6.45) is 2.19. The number of nitrogens with zero attached hydrogens (tertiary/aromatic N) is 1. The predicted octanol–water partition coefficient (Wildman–Crippen LogP) is 4.01. The quantitative estimate of drug-likeness (QED) is 0.524. The molecule has 0 aliphatic rings. The number of rotatable bonds is 4. The van der Waals surface area contributed by atoms with Crippen LogP contribution in [0.3, 0.4) is 0 Å². The van der Waals surface area contributed by atoms with E-state index in [1.165, 1.54) is 17.5 Å². The zero-order valence-electron chi connectivity index (χ0n) is 10.2. The van der Waals surface area contributed by atoms with Crippen molar-refractivity contribution in [2.45, 2.75) is 19.9 Å². The molecule has 0 atom stereocenters. The first kappa shape index (κ1) is 14.7. The Labute approximate surface area is 115 Å². The number of anilines is 1. The van der Waals surface area contributed by atoms with Crippen molar-refractivity contribution in [2.24, 2.45) is 0 Å². The van der Waals surface area contributed by atoms with Gasteiger partial charge in [0.25, 0.3) is 0 Å². The first-order valence-corrected chi connectivity index (χ1v) is 6.46. The second-order valence-electron chi connectivity index (χ2n) is 3.87. The van der Waals surface area contributed by atoms with E-state index in [-0.39, 0.29) is 6.54 Å². The summed E-state index contributed by atoms with van der Waals surface area (Å²) in [4.78, 5) is 4.65. The van der Waals surface area contributed by atoms with Gasteiger partial charge in [-0.1, -0.05) is 6.92 Å². The van der Waals surface area contributed by atoms with Crippen LogP contribution in [0, 0.1) is 29.1 Å². The molecule has 0 aliphatic heterocycles. The van der Waals surface area contributed by atoms with E-state index in [0.29, 0.717) is 11.3 Å². The van der Waals surface area contributed by atoms with E-state index in [1.807, 2.05) is 6.92 Å². The summed E-state index contributed by atoms with van der Waals surface area (Å²) in [7, 11) is 0.